The Balaban J connectivity index is 0.00000242. The molecule has 1 aromatic heterocycles. The summed E-state index contributed by atoms with van der Waals surface area (Å²) in [5.74, 6) is -0.625. The summed E-state index contributed by atoms with van der Waals surface area (Å²) in [6.45, 7) is 0. The molecule has 10 heteroatoms. The number of carbonyl (C=O) groups excluding carboxylic acids is 1. The van der Waals surface area contributed by atoms with Crippen molar-refractivity contribution in [2.24, 2.45) is 5.73 Å². The molecule has 0 saturated carbocycles. The van der Waals surface area contributed by atoms with E-state index in [4.69, 9.17) is 5.73 Å². The van der Waals surface area contributed by atoms with E-state index < -0.39 is 21.4 Å². The number of rotatable bonds is 4. The average Bonchev–Trinajstić information content (AvgIpc) is 2.46. The van der Waals surface area contributed by atoms with Gasteiger partial charge in [-0.3, -0.25) is 25.0 Å². The van der Waals surface area contributed by atoms with Gasteiger partial charge in [0.1, 0.15) is 6.07 Å². The van der Waals surface area contributed by atoms with E-state index in [1.165, 1.54) is 35.2 Å². The number of nitro benzene ring substituents is 2. The molecule has 2 N–H and O–H groups in total. The van der Waals surface area contributed by atoms with E-state index in [1.54, 1.807) is 0 Å². The zero-order valence-corrected chi connectivity index (χ0v) is 11.7. The Morgan fingerprint density at radius 2 is 1.64 bits per heavy atom. The van der Waals surface area contributed by atoms with Crippen LogP contribution in [0.4, 0.5) is 11.4 Å². The van der Waals surface area contributed by atoms with Gasteiger partial charge in [-0.15, -0.1) is 12.4 Å². The Morgan fingerprint density at radius 1 is 1.05 bits per heavy atom. The lowest BCUT2D eigenvalue weighted by molar-refractivity contribution is -0.601. The molecular weight excluding hydrogens is 316 g/mol. The molecule has 0 bridgehead atoms. The number of primary amides is 1. The molecule has 1 aromatic carbocycles. The summed E-state index contributed by atoms with van der Waals surface area (Å²) >= 11 is 0. The predicted octanol–water partition coefficient (Wildman–Crippen LogP) is 1.30. The van der Waals surface area contributed by atoms with E-state index >= 15 is 0 Å². The van der Waals surface area contributed by atoms with Crippen LogP contribution < -0.4 is 10.3 Å². The summed E-state index contributed by atoms with van der Waals surface area (Å²) in [7, 11) is 0. The van der Waals surface area contributed by atoms with Crippen molar-refractivity contribution < 1.29 is 19.2 Å². The van der Waals surface area contributed by atoms with Crippen LogP contribution in [0.25, 0.3) is 5.69 Å². The first kappa shape index (κ1) is 17.0. The lowest BCUT2D eigenvalue weighted by Gasteiger charge is -1.99. The van der Waals surface area contributed by atoms with Gasteiger partial charge >= 0.3 is 5.69 Å². The molecule has 9 nitrogen and oxygen atoms in total. The van der Waals surface area contributed by atoms with E-state index in [2.05, 4.69) is 0 Å². The van der Waals surface area contributed by atoms with Gasteiger partial charge in [-0.2, -0.15) is 4.57 Å². The van der Waals surface area contributed by atoms with Crippen LogP contribution in [0, 0.1) is 20.2 Å². The topological polar surface area (TPSA) is 133 Å². The van der Waals surface area contributed by atoms with Crippen molar-refractivity contribution in [1.82, 2.24) is 0 Å². The summed E-state index contributed by atoms with van der Waals surface area (Å²) < 4.78 is 1.37. The van der Waals surface area contributed by atoms with Crippen molar-refractivity contribution in [3.05, 3.63) is 68.5 Å². The maximum Gasteiger partial charge on any atom is 0.347 e. The quantitative estimate of drug-likeness (QED) is 0.513. The molecule has 2 rings (SSSR count). The van der Waals surface area contributed by atoms with Crippen LogP contribution in [0.3, 0.4) is 0 Å². The van der Waals surface area contributed by atoms with Gasteiger partial charge in [0, 0.05) is 24.3 Å². The number of carbonyl (C=O) groups is 1. The number of hydrogen-bond acceptors (Lipinski definition) is 5. The van der Waals surface area contributed by atoms with Crippen molar-refractivity contribution in [3.63, 3.8) is 0 Å². The number of non-ortho nitro benzene ring substituents is 1. The Kier molecular flexibility index (Phi) is 5.09. The fraction of sp³-hybridized carbons (Fsp3) is 0. The second kappa shape index (κ2) is 6.59. The van der Waals surface area contributed by atoms with Crippen LogP contribution >= 0.6 is 12.4 Å². The molecular formula is C12H10ClN4O5+. The standard InChI is InChI=1S/C12H8N4O5.ClH/c13-12(17)8-3-5-14(6-4-8)10-2-1-9(15(18)19)7-11(10)16(20)21;/h1-7H,(H-,13,17);1H/p+1. The fourth-order valence-electron chi connectivity index (χ4n) is 1.74. The molecule has 0 aliphatic carbocycles. The number of pyridine rings is 1. The van der Waals surface area contributed by atoms with Gasteiger partial charge in [-0.1, -0.05) is 0 Å². The van der Waals surface area contributed by atoms with E-state index in [9.17, 15) is 25.0 Å². The highest BCUT2D eigenvalue weighted by atomic mass is 35.5. The minimum atomic E-state index is -0.711. The minimum Gasteiger partial charge on any atom is -0.366 e. The fourth-order valence-corrected chi connectivity index (χ4v) is 1.74. The zero-order valence-electron chi connectivity index (χ0n) is 10.9. The summed E-state index contributed by atoms with van der Waals surface area (Å²) in [6, 6.07) is 6.10. The van der Waals surface area contributed by atoms with Crippen LogP contribution in [0.5, 0.6) is 0 Å². The lowest BCUT2D eigenvalue weighted by Crippen LogP contribution is -2.31. The Bertz CT molecular complexity index is 748. The number of hydrogen-bond donors (Lipinski definition) is 1. The maximum absolute atomic E-state index is 11.0. The SMILES string of the molecule is Cl.NC(=O)c1cc[n+](-c2ccc([N+](=O)[O-])cc2[N+](=O)[O-])cc1. The highest BCUT2D eigenvalue weighted by Crippen LogP contribution is 2.24. The van der Waals surface area contributed by atoms with Crippen molar-refractivity contribution in [2.75, 3.05) is 0 Å². The number of aromatic nitrogens is 1. The zero-order chi connectivity index (χ0) is 15.6. The highest BCUT2D eigenvalue weighted by molar-refractivity contribution is 5.92. The summed E-state index contributed by atoms with van der Waals surface area (Å²) in [4.78, 5) is 31.3. The molecule has 0 radical (unpaired) electrons. The van der Waals surface area contributed by atoms with E-state index in [0.29, 0.717) is 0 Å². The average molecular weight is 326 g/mol. The smallest absolute Gasteiger partial charge is 0.347 e. The first-order chi connectivity index (χ1) is 9.90. The Hall–Kier alpha value is -3.07. The van der Waals surface area contributed by atoms with E-state index in [-0.39, 0.29) is 29.3 Å². The third-order valence-corrected chi connectivity index (χ3v) is 2.76. The van der Waals surface area contributed by atoms with Gasteiger partial charge in [0.15, 0.2) is 12.4 Å². The number of nitrogens with zero attached hydrogens (tertiary/aromatic N) is 3. The lowest BCUT2D eigenvalue weighted by atomic mass is 10.2. The summed E-state index contributed by atoms with van der Waals surface area (Å²) in [6.07, 6.45) is 2.82. The van der Waals surface area contributed by atoms with Crippen LogP contribution in [-0.4, -0.2) is 15.8 Å². The number of nitro groups is 2. The van der Waals surface area contributed by atoms with Crippen molar-refractivity contribution in [3.8, 4) is 5.69 Å². The molecule has 114 valence electrons. The molecule has 0 aliphatic heterocycles. The Labute approximate surface area is 129 Å². The van der Waals surface area contributed by atoms with Gasteiger partial charge < -0.3 is 5.73 Å². The third-order valence-electron chi connectivity index (χ3n) is 2.76. The molecule has 0 spiro atoms. The Morgan fingerprint density at radius 3 is 2.09 bits per heavy atom. The second-order valence-electron chi connectivity index (χ2n) is 4.05. The largest absolute Gasteiger partial charge is 0.366 e. The normalized spacial score (nSPS) is 9.64. The van der Waals surface area contributed by atoms with Crippen LogP contribution in [-0.2, 0) is 0 Å². The molecule has 2 aromatic rings. The highest BCUT2D eigenvalue weighted by Gasteiger charge is 2.26. The van der Waals surface area contributed by atoms with Crippen LogP contribution in [0.2, 0.25) is 0 Å². The van der Waals surface area contributed by atoms with Crippen molar-refractivity contribution in [1.29, 1.82) is 0 Å². The maximum atomic E-state index is 11.0. The van der Waals surface area contributed by atoms with Crippen molar-refractivity contribution in [2.45, 2.75) is 0 Å². The second-order valence-corrected chi connectivity index (χ2v) is 4.05. The number of halogens is 1. The third kappa shape index (κ3) is 3.33. The first-order valence-corrected chi connectivity index (χ1v) is 5.64. The molecule has 0 saturated heterocycles. The monoisotopic (exact) mass is 325 g/mol. The molecule has 0 aliphatic rings. The molecule has 0 fully saturated rings. The minimum absolute atomic E-state index is 0. The van der Waals surface area contributed by atoms with Crippen LogP contribution in [0.1, 0.15) is 10.4 Å². The van der Waals surface area contributed by atoms with E-state index in [1.807, 2.05) is 0 Å². The van der Waals surface area contributed by atoms with Gasteiger partial charge in [-0.05, 0) is 0 Å². The molecule has 1 amide bonds. The van der Waals surface area contributed by atoms with Gasteiger partial charge in [0.05, 0.1) is 15.4 Å². The van der Waals surface area contributed by atoms with Crippen LogP contribution in [0.15, 0.2) is 42.7 Å². The number of amides is 1. The van der Waals surface area contributed by atoms with Gasteiger partial charge in [-0.25, -0.2) is 0 Å². The number of nitrogens with two attached hydrogens (primary N) is 1. The summed E-state index contributed by atoms with van der Waals surface area (Å²) in [5.41, 5.74) is 4.70. The number of benzene rings is 1. The molecule has 0 atom stereocenters. The molecule has 22 heavy (non-hydrogen) atoms. The molecule has 1 heterocycles. The first-order valence-electron chi connectivity index (χ1n) is 5.64. The van der Waals surface area contributed by atoms with Crippen molar-refractivity contribution >= 4 is 29.7 Å². The summed E-state index contributed by atoms with van der Waals surface area (Å²) in [5, 5.41) is 21.7. The molecule has 0 unspecified atom stereocenters. The van der Waals surface area contributed by atoms with Gasteiger partial charge in [0.25, 0.3) is 11.4 Å². The van der Waals surface area contributed by atoms with Gasteiger partial charge in [0.2, 0.25) is 5.91 Å². The predicted molar refractivity (Wildman–Crippen MR) is 77.0 cm³/mol. The van der Waals surface area contributed by atoms with E-state index in [0.717, 1.165) is 12.1 Å².